The van der Waals surface area contributed by atoms with Gasteiger partial charge in [-0.2, -0.15) is 18.3 Å². The van der Waals surface area contributed by atoms with E-state index in [1.165, 1.54) is 0 Å². The predicted molar refractivity (Wildman–Crippen MR) is 79.1 cm³/mol. The number of azide groups is 1. The van der Waals surface area contributed by atoms with Crippen molar-refractivity contribution < 1.29 is 18.1 Å². The highest BCUT2D eigenvalue weighted by Crippen LogP contribution is 2.45. The standard InChI is InChI=1S/C10H2Cl3F3N6O2/c11-4-1-3(10(14,15)16)6(12)7(13)8(4)21-9(19-20-17)5(2-18-21)22(23)24/h1-2H. The molecule has 2 rings (SSSR count). The summed E-state index contributed by atoms with van der Waals surface area (Å²) < 4.78 is 39.3. The molecule has 8 nitrogen and oxygen atoms in total. The summed E-state index contributed by atoms with van der Waals surface area (Å²) in [5, 5.41) is 15.5. The lowest BCUT2D eigenvalue weighted by molar-refractivity contribution is -0.384. The molecule has 1 aromatic heterocycles. The summed E-state index contributed by atoms with van der Waals surface area (Å²) in [4.78, 5) is 12.4. The highest BCUT2D eigenvalue weighted by molar-refractivity contribution is 6.45. The van der Waals surface area contributed by atoms with Gasteiger partial charge in [0.2, 0.25) is 5.82 Å². The fraction of sp³-hybridized carbons (Fsp3) is 0.100. The average molecular weight is 402 g/mol. The minimum Gasteiger partial charge on any atom is -0.258 e. The summed E-state index contributed by atoms with van der Waals surface area (Å²) in [6, 6.07) is 0.485. The Morgan fingerprint density at radius 3 is 2.46 bits per heavy atom. The maximum atomic E-state index is 12.9. The number of rotatable bonds is 3. The topological polar surface area (TPSA) is 110 Å². The van der Waals surface area contributed by atoms with Gasteiger partial charge in [-0.1, -0.05) is 34.8 Å². The van der Waals surface area contributed by atoms with Crippen molar-refractivity contribution in [1.29, 1.82) is 0 Å². The predicted octanol–water partition coefficient (Wildman–Crippen LogP) is 5.70. The average Bonchev–Trinajstić information content (AvgIpc) is 2.86. The molecule has 0 saturated carbocycles. The third-order valence-electron chi connectivity index (χ3n) is 2.71. The molecular formula is C10H2Cl3F3N6O2. The third kappa shape index (κ3) is 3.06. The van der Waals surface area contributed by atoms with Crippen LogP contribution in [0.2, 0.25) is 15.1 Å². The number of hydrogen-bond donors (Lipinski definition) is 0. The Bertz CT molecular complexity index is 891. The Morgan fingerprint density at radius 1 is 1.33 bits per heavy atom. The van der Waals surface area contributed by atoms with Gasteiger partial charge >= 0.3 is 11.9 Å². The van der Waals surface area contributed by atoms with E-state index in [9.17, 15) is 23.3 Å². The Kier molecular flexibility index (Phi) is 4.81. The zero-order chi connectivity index (χ0) is 18.2. The smallest absolute Gasteiger partial charge is 0.258 e. The van der Waals surface area contributed by atoms with E-state index in [1.54, 1.807) is 0 Å². The lowest BCUT2D eigenvalue weighted by Gasteiger charge is -2.15. The number of nitro groups is 1. The molecule has 0 unspecified atom stereocenters. The molecule has 0 aliphatic heterocycles. The fourth-order valence-electron chi connectivity index (χ4n) is 1.75. The van der Waals surface area contributed by atoms with Crippen LogP contribution in [0.3, 0.4) is 0 Å². The summed E-state index contributed by atoms with van der Waals surface area (Å²) in [6.45, 7) is 0. The largest absolute Gasteiger partial charge is 0.417 e. The molecule has 1 heterocycles. The van der Waals surface area contributed by atoms with Crippen molar-refractivity contribution in [2.24, 2.45) is 5.11 Å². The van der Waals surface area contributed by atoms with Gasteiger partial charge in [-0.3, -0.25) is 10.1 Å². The molecule has 0 spiro atoms. The number of nitrogens with zero attached hydrogens (tertiary/aromatic N) is 6. The molecule has 1 aromatic carbocycles. The molecule has 0 saturated heterocycles. The van der Waals surface area contributed by atoms with Gasteiger partial charge in [0, 0.05) is 4.91 Å². The molecular weight excluding hydrogens is 400 g/mol. The summed E-state index contributed by atoms with van der Waals surface area (Å²) >= 11 is 17.2. The maximum absolute atomic E-state index is 12.9. The monoisotopic (exact) mass is 400 g/mol. The minimum absolute atomic E-state index is 0.396. The van der Waals surface area contributed by atoms with Gasteiger partial charge in [0.05, 0.1) is 25.6 Å². The minimum atomic E-state index is -4.83. The zero-order valence-corrected chi connectivity index (χ0v) is 13.2. The number of alkyl halides is 3. The van der Waals surface area contributed by atoms with Crippen LogP contribution >= 0.6 is 34.8 Å². The maximum Gasteiger partial charge on any atom is 0.417 e. The first-order chi connectivity index (χ1) is 11.1. The van der Waals surface area contributed by atoms with E-state index < -0.39 is 48.9 Å². The zero-order valence-electron chi connectivity index (χ0n) is 10.9. The van der Waals surface area contributed by atoms with Crippen molar-refractivity contribution in [2.45, 2.75) is 6.18 Å². The number of hydrogen-bond acceptors (Lipinski definition) is 4. The van der Waals surface area contributed by atoms with Crippen LogP contribution in [0, 0.1) is 10.1 Å². The Morgan fingerprint density at radius 2 is 1.96 bits per heavy atom. The van der Waals surface area contributed by atoms with Gasteiger partial charge in [-0.05, 0) is 16.7 Å². The van der Waals surface area contributed by atoms with Crippen LogP contribution in [0.1, 0.15) is 5.56 Å². The summed E-state index contributed by atoms with van der Waals surface area (Å²) in [5.74, 6) is -0.623. The van der Waals surface area contributed by atoms with Crippen molar-refractivity contribution in [2.75, 3.05) is 0 Å². The molecule has 0 N–H and O–H groups in total. The van der Waals surface area contributed by atoms with E-state index in [0.29, 0.717) is 10.7 Å². The highest BCUT2D eigenvalue weighted by atomic mass is 35.5. The van der Waals surface area contributed by atoms with Crippen molar-refractivity contribution in [3.8, 4) is 5.69 Å². The van der Waals surface area contributed by atoms with Crippen molar-refractivity contribution in [3.05, 3.63) is 53.5 Å². The van der Waals surface area contributed by atoms with E-state index >= 15 is 0 Å². The number of aromatic nitrogens is 2. The molecule has 0 radical (unpaired) electrons. The molecule has 0 bridgehead atoms. The molecule has 24 heavy (non-hydrogen) atoms. The van der Waals surface area contributed by atoms with Crippen LogP contribution in [-0.2, 0) is 6.18 Å². The molecule has 2 aromatic rings. The Hall–Kier alpha value is -2.20. The summed E-state index contributed by atoms with van der Waals surface area (Å²) in [7, 11) is 0. The van der Waals surface area contributed by atoms with Gasteiger partial charge in [-0.25, -0.2) is 4.68 Å². The van der Waals surface area contributed by atoms with Crippen LogP contribution in [-0.4, -0.2) is 14.7 Å². The Balaban J connectivity index is 2.82. The van der Waals surface area contributed by atoms with Crippen LogP contribution in [0.4, 0.5) is 24.7 Å². The van der Waals surface area contributed by atoms with Crippen molar-refractivity contribution in [1.82, 2.24) is 9.78 Å². The fourth-order valence-corrected chi connectivity index (χ4v) is 2.61. The second-order valence-electron chi connectivity index (χ2n) is 4.09. The van der Waals surface area contributed by atoms with Crippen LogP contribution in [0.15, 0.2) is 17.4 Å². The van der Waals surface area contributed by atoms with Gasteiger partial charge < -0.3 is 0 Å². The molecule has 126 valence electrons. The third-order valence-corrected chi connectivity index (χ3v) is 3.86. The van der Waals surface area contributed by atoms with Gasteiger partial charge in [0.15, 0.2) is 0 Å². The normalized spacial score (nSPS) is 11.2. The highest BCUT2D eigenvalue weighted by Gasteiger charge is 2.36. The summed E-state index contributed by atoms with van der Waals surface area (Å²) in [5.41, 5.74) is 6.12. The first kappa shape index (κ1) is 18.1. The molecule has 0 amide bonds. The molecule has 0 aliphatic carbocycles. The quantitative estimate of drug-likeness (QED) is 0.164. The van der Waals surface area contributed by atoms with E-state index in [2.05, 4.69) is 15.1 Å². The molecule has 14 heteroatoms. The van der Waals surface area contributed by atoms with Gasteiger partial charge in [-0.15, -0.1) is 0 Å². The van der Waals surface area contributed by atoms with Crippen LogP contribution in [0.25, 0.3) is 16.1 Å². The van der Waals surface area contributed by atoms with Crippen molar-refractivity contribution >= 4 is 46.3 Å². The van der Waals surface area contributed by atoms with E-state index in [-0.39, 0.29) is 0 Å². The summed E-state index contributed by atoms with van der Waals surface area (Å²) in [6.07, 6.45) is -4.10. The van der Waals surface area contributed by atoms with Crippen LogP contribution < -0.4 is 0 Å². The molecule has 0 aliphatic rings. The van der Waals surface area contributed by atoms with E-state index in [4.69, 9.17) is 40.3 Å². The lowest BCUT2D eigenvalue weighted by atomic mass is 10.2. The van der Waals surface area contributed by atoms with E-state index in [1.807, 2.05) is 0 Å². The Labute approximate surface area is 145 Å². The van der Waals surface area contributed by atoms with Crippen molar-refractivity contribution in [3.63, 3.8) is 0 Å². The first-order valence-electron chi connectivity index (χ1n) is 5.62. The second kappa shape index (κ2) is 6.36. The number of halogens is 6. The van der Waals surface area contributed by atoms with E-state index in [0.717, 1.165) is 6.20 Å². The molecule has 0 fully saturated rings. The van der Waals surface area contributed by atoms with Gasteiger partial charge in [0.25, 0.3) is 0 Å². The SMILES string of the molecule is [N-]=[N+]=Nc1c([N+](=O)[O-])cnn1-c1c(Cl)cc(C(F)(F)F)c(Cl)c1Cl. The molecule has 0 atom stereocenters. The number of benzene rings is 1. The lowest BCUT2D eigenvalue weighted by Crippen LogP contribution is -2.08. The van der Waals surface area contributed by atoms with Gasteiger partial charge in [0.1, 0.15) is 11.9 Å². The second-order valence-corrected chi connectivity index (χ2v) is 5.26. The first-order valence-corrected chi connectivity index (χ1v) is 6.75. The van der Waals surface area contributed by atoms with Crippen LogP contribution in [0.5, 0.6) is 0 Å².